The van der Waals surface area contributed by atoms with Gasteiger partial charge in [-0.05, 0) is 50.2 Å². The number of carboxylic acid groups (broad SMARTS) is 1. The first-order valence-corrected chi connectivity index (χ1v) is 6.01. The van der Waals surface area contributed by atoms with E-state index in [0.717, 1.165) is 42.6 Å². The molecular formula is C13H15NO2. The van der Waals surface area contributed by atoms with Gasteiger partial charge in [0.15, 0.2) is 0 Å². The van der Waals surface area contributed by atoms with E-state index in [4.69, 9.17) is 0 Å². The molecule has 0 aliphatic heterocycles. The third-order valence-corrected chi connectivity index (χ3v) is 3.55. The number of hydrogen-bond donors (Lipinski definition) is 1. The van der Waals surface area contributed by atoms with Crippen molar-refractivity contribution in [1.29, 1.82) is 0 Å². The first-order chi connectivity index (χ1) is 7.75. The van der Waals surface area contributed by atoms with Crippen molar-refractivity contribution in [1.82, 2.24) is 4.98 Å². The van der Waals surface area contributed by atoms with Gasteiger partial charge in [-0.25, -0.2) is 4.79 Å². The van der Waals surface area contributed by atoms with E-state index in [0.29, 0.717) is 11.5 Å². The van der Waals surface area contributed by atoms with Crippen molar-refractivity contribution in [2.45, 2.75) is 44.4 Å². The van der Waals surface area contributed by atoms with E-state index >= 15 is 0 Å². The Labute approximate surface area is 94.5 Å². The molecule has 84 valence electrons. The van der Waals surface area contributed by atoms with Gasteiger partial charge in [-0.2, -0.15) is 0 Å². The Morgan fingerprint density at radius 3 is 2.75 bits per heavy atom. The maximum atomic E-state index is 11.2. The van der Waals surface area contributed by atoms with Gasteiger partial charge in [0.05, 0.1) is 5.56 Å². The summed E-state index contributed by atoms with van der Waals surface area (Å²) in [6.45, 7) is 0. The quantitative estimate of drug-likeness (QED) is 0.828. The summed E-state index contributed by atoms with van der Waals surface area (Å²) in [4.78, 5) is 15.9. The highest BCUT2D eigenvalue weighted by Gasteiger charge is 2.28. The molecule has 0 unspecified atom stereocenters. The minimum atomic E-state index is -0.789. The molecule has 3 heteroatoms. The summed E-state index contributed by atoms with van der Waals surface area (Å²) in [5, 5.41) is 9.24. The zero-order valence-corrected chi connectivity index (χ0v) is 9.20. The zero-order chi connectivity index (χ0) is 11.1. The van der Waals surface area contributed by atoms with Crippen molar-refractivity contribution in [3.05, 3.63) is 28.6 Å². The van der Waals surface area contributed by atoms with Crippen LogP contribution in [0.3, 0.4) is 0 Å². The number of pyridine rings is 1. The van der Waals surface area contributed by atoms with Crippen LogP contribution in [0.1, 0.15) is 58.9 Å². The van der Waals surface area contributed by atoms with E-state index in [-0.39, 0.29) is 0 Å². The Bertz CT molecular complexity index is 449. The van der Waals surface area contributed by atoms with Crippen molar-refractivity contribution in [2.24, 2.45) is 0 Å². The van der Waals surface area contributed by atoms with Crippen molar-refractivity contribution in [2.75, 3.05) is 0 Å². The van der Waals surface area contributed by atoms with Gasteiger partial charge in [-0.15, -0.1) is 0 Å². The largest absolute Gasteiger partial charge is 0.478 e. The molecule has 0 radical (unpaired) electrons. The van der Waals surface area contributed by atoms with Crippen molar-refractivity contribution in [3.63, 3.8) is 0 Å². The highest BCUT2D eigenvalue weighted by molar-refractivity contribution is 5.90. The maximum absolute atomic E-state index is 11.2. The number of rotatable bonds is 2. The molecule has 1 aromatic rings. The van der Waals surface area contributed by atoms with Gasteiger partial charge in [0.1, 0.15) is 0 Å². The van der Waals surface area contributed by atoms with Crippen LogP contribution in [-0.2, 0) is 12.8 Å². The van der Waals surface area contributed by atoms with Crippen LogP contribution >= 0.6 is 0 Å². The van der Waals surface area contributed by atoms with Crippen LogP contribution in [0, 0.1) is 0 Å². The van der Waals surface area contributed by atoms with E-state index in [2.05, 4.69) is 4.98 Å². The number of fused-ring (bicyclic) bond motifs is 1. The lowest BCUT2D eigenvalue weighted by Crippen LogP contribution is -2.13. The van der Waals surface area contributed by atoms with Gasteiger partial charge in [0, 0.05) is 17.3 Å². The van der Waals surface area contributed by atoms with Crippen molar-refractivity contribution < 1.29 is 9.90 Å². The molecule has 3 rings (SSSR count). The van der Waals surface area contributed by atoms with Gasteiger partial charge in [-0.3, -0.25) is 4.98 Å². The van der Waals surface area contributed by atoms with E-state index in [1.807, 2.05) is 6.07 Å². The Kier molecular flexibility index (Phi) is 2.20. The number of nitrogens with zero attached hydrogens (tertiary/aromatic N) is 1. The van der Waals surface area contributed by atoms with Crippen molar-refractivity contribution in [3.8, 4) is 0 Å². The van der Waals surface area contributed by atoms with Gasteiger partial charge < -0.3 is 5.11 Å². The summed E-state index contributed by atoms with van der Waals surface area (Å²) in [5.74, 6) is -0.257. The van der Waals surface area contributed by atoms with Crippen LogP contribution in [0.15, 0.2) is 6.07 Å². The number of carbonyl (C=O) groups is 1. The number of aromatic nitrogens is 1. The van der Waals surface area contributed by atoms with Gasteiger partial charge >= 0.3 is 5.97 Å². The van der Waals surface area contributed by atoms with Crippen LogP contribution in [0.5, 0.6) is 0 Å². The molecule has 2 aliphatic rings. The third kappa shape index (κ3) is 1.60. The average molecular weight is 217 g/mol. The molecule has 3 nitrogen and oxygen atoms in total. The molecule has 16 heavy (non-hydrogen) atoms. The second-order valence-electron chi connectivity index (χ2n) is 4.81. The Morgan fingerprint density at radius 2 is 2.06 bits per heavy atom. The molecule has 0 saturated heterocycles. The predicted molar refractivity (Wildman–Crippen MR) is 59.8 cm³/mol. The van der Waals surface area contributed by atoms with E-state index < -0.39 is 5.97 Å². The van der Waals surface area contributed by atoms with Gasteiger partial charge in [0.2, 0.25) is 0 Å². The smallest absolute Gasteiger partial charge is 0.336 e. The molecule has 0 amide bonds. The van der Waals surface area contributed by atoms with Crippen LogP contribution in [0.4, 0.5) is 0 Å². The maximum Gasteiger partial charge on any atom is 0.336 e. The lowest BCUT2D eigenvalue weighted by atomic mass is 9.91. The first kappa shape index (κ1) is 9.82. The second kappa shape index (κ2) is 3.58. The molecule has 1 fully saturated rings. The Hall–Kier alpha value is -1.38. The standard InChI is InChI=1S/C13H15NO2/c15-13(16)10-7-12(8-5-6-8)14-11-4-2-1-3-9(10)11/h7-8H,1-6H2,(H,15,16). The molecule has 1 aromatic heterocycles. The number of carboxylic acids is 1. The summed E-state index contributed by atoms with van der Waals surface area (Å²) in [6.07, 6.45) is 6.42. The lowest BCUT2D eigenvalue weighted by Gasteiger charge is -2.18. The Balaban J connectivity index is 2.12. The minimum absolute atomic E-state index is 0.506. The fourth-order valence-electron chi connectivity index (χ4n) is 2.51. The predicted octanol–water partition coefficient (Wildman–Crippen LogP) is 2.54. The van der Waals surface area contributed by atoms with E-state index in [1.165, 1.54) is 12.8 Å². The summed E-state index contributed by atoms with van der Waals surface area (Å²) in [5.41, 5.74) is 3.56. The average Bonchev–Trinajstić information content (AvgIpc) is 3.11. The zero-order valence-electron chi connectivity index (χ0n) is 9.20. The SMILES string of the molecule is O=C(O)c1cc(C2CC2)nc2c1CCCC2. The third-order valence-electron chi connectivity index (χ3n) is 3.55. The van der Waals surface area contributed by atoms with Crippen LogP contribution in [0.25, 0.3) is 0 Å². The fourth-order valence-corrected chi connectivity index (χ4v) is 2.51. The normalized spacial score (nSPS) is 19.2. The summed E-state index contributed by atoms with van der Waals surface area (Å²) < 4.78 is 0. The monoisotopic (exact) mass is 217 g/mol. The highest BCUT2D eigenvalue weighted by atomic mass is 16.4. The van der Waals surface area contributed by atoms with Crippen LogP contribution < -0.4 is 0 Å². The molecule has 1 N–H and O–H groups in total. The molecule has 0 atom stereocenters. The molecular weight excluding hydrogens is 202 g/mol. The lowest BCUT2D eigenvalue weighted by molar-refractivity contribution is 0.0695. The van der Waals surface area contributed by atoms with Crippen LogP contribution in [-0.4, -0.2) is 16.1 Å². The number of aryl methyl sites for hydroxylation is 1. The first-order valence-electron chi connectivity index (χ1n) is 6.01. The second-order valence-corrected chi connectivity index (χ2v) is 4.81. The number of hydrogen-bond acceptors (Lipinski definition) is 2. The summed E-state index contributed by atoms with van der Waals surface area (Å²) >= 11 is 0. The summed E-state index contributed by atoms with van der Waals surface area (Å²) in [6, 6.07) is 1.81. The van der Waals surface area contributed by atoms with Crippen LogP contribution in [0.2, 0.25) is 0 Å². The Morgan fingerprint density at radius 1 is 1.31 bits per heavy atom. The van der Waals surface area contributed by atoms with Crippen molar-refractivity contribution >= 4 is 5.97 Å². The molecule has 2 aliphatic carbocycles. The molecule has 1 saturated carbocycles. The summed E-state index contributed by atoms with van der Waals surface area (Å²) in [7, 11) is 0. The number of aromatic carboxylic acids is 1. The van der Waals surface area contributed by atoms with E-state index in [9.17, 15) is 9.90 Å². The van der Waals surface area contributed by atoms with E-state index in [1.54, 1.807) is 0 Å². The molecule has 0 spiro atoms. The van der Waals surface area contributed by atoms with Gasteiger partial charge in [0.25, 0.3) is 0 Å². The topological polar surface area (TPSA) is 50.2 Å². The fraction of sp³-hybridized carbons (Fsp3) is 0.538. The van der Waals surface area contributed by atoms with Gasteiger partial charge in [-0.1, -0.05) is 0 Å². The minimum Gasteiger partial charge on any atom is -0.478 e. The molecule has 0 aromatic carbocycles. The molecule has 0 bridgehead atoms. The highest BCUT2D eigenvalue weighted by Crippen LogP contribution is 2.40. The molecule has 1 heterocycles.